The molecule has 0 aliphatic carbocycles. The first-order valence-corrected chi connectivity index (χ1v) is 11.5. The molecule has 0 radical (unpaired) electrons. The van der Waals surface area contributed by atoms with E-state index >= 15 is 0 Å². The first-order valence-electron chi connectivity index (χ1n) is 11.1. The standard InChI is InChI=1S/C27H27ClN2O3/c1-4-29(21-14-12-20(28)13-15-21)27(32)24-16-18(2)30(25-11-6-5-10-23(24)25)26(31)19-8-7-9-22(17-19)33-3/h5-15,17-18,24H,4,16H2,1-3H3/t18-,24-/m0/s1. The second-order valence-electron chi connectivity index (χ2n) is 8.16. The Kier molecular flexibility index (Phi) is 6.70. The van der Waals surface area contributed by atoms with Gasteiger partial charge in [-0.1, -0.05) is 35.9 Å². The van der Waals surface area contributed by atoms with Crippen LogP contribution in [0.2, 0.25) is 5.02 Å². The summed E-state index contributed by atoms with van der Waals surface area (Å²) in [5.41, 5.74) is 3.00. The van der Waals surface area contributed by atoms with Gasteiger partial charge < -0.3 is 14.5 Å². The van der Waals surface area contributed by atoms with Crippen molar-refractivity contribution >= 4 is 34.8 Å². The number of fused-ring (bicyclic) bond motifs is 1. The SMILES string of the molecule is CCN(C(=O)[C@H]1C[C@H](C)N(C(=O)c2cccc(OC)c2)c2ccccc21)c1ccc(Cl)cc1. The Morgan fingerprint density at radius 3 is 2.48 bits per heavy atom. The second kappa shape index (κ2) is 9.67. The Balaban J connectivity index is 1.70. The zero-order valence-electron chi connectivity index (χ0n) is 19.0. The molecule has 3 aromatic carbocycles. The number of rotatable bonds is 5. The van der Waals surface area contributed by atoms with Crippen molar-refractivity contribution in [1.29, 1.82) is 0 Å². The maximum atomic E-state index is 13.7. The average molecular weight is 463 g/mol. The third kappa shape index (κ3) is 4.46. The molecule has 0 fully saturated rings. The van der Waals surface area contributed by atoms with Gasteiger partial charge in [0, 0.05) is 34.5 Å². The minimum atomic E-state index is -0.346. The molecule has 0 aromatic heterocycles. The van der Waals surface area contributed by atoms with E-state index in [0.29, 0.717) is 29.3 Å². The summed E-state index contributed by atoms with van der Waals surface area (Å²) >= 11 is 6.04. The molecule has 2 atom stereocenters. The van der Waals surface area contributed by atoms with Gasteiger partial charge in [-0.15, -0.1) is 0 Å². The highest BCUT2D eigenvalue weighted by molar-refractivity contribution is 6.30. The normalized spacial score (nSPS) is 17.3. The summed E-state index contributed by atoms with van der Waals surface area (Å²) < 4.78 is 5.30. The Hall–Kier alpha value is -3.31. The highest BCUT2D eigenvalue weighted by Crippen LogP contribution is 2.41. The van der Waals surface area contributed by atoms with Gasteiger partial charge in [0.05, 0.1) is 13.0 Å². The fourth-order valence-corrected chi connectivity index (χ4v) is 4.65. The van der Waals surface area contributed by atoms with Crippen LogP contribution < -0.4 is 14.5 Å². The summed E-state index contributed by atoms with van der Waals surface area (Å²) in [7, 11) is 1.58. The van der Waals surface area contributed by atoms with Gasteiger partial charge >= 0.3 is 0 Å². The summed E-state index contributed by atoms with van der Waals surface area (Å²) in [5.74, 6) is 0.201. The van der Waals surface area contributed by atoms with Crippen LogP contribution in [-0.2, 0) is 4.79 Å². The van der Waals surface area contributed by atoms with E-state index in [4.69, 9.17) is 16.3 Å². The van der Waals surface area contributed by atoms with Gasteiger partial charge in [0.2, 0.25) is 5.91 Å². The quantitative estimate of drug-likeness (QED) is 0.472. The van der Waals surface area contributed by atoms with Gasteiger partial charge in [-0.05, 0) is 74.4 Å². The summed E-state index contributed by atoms with van der Waals surface area (Å²) in [6, 6.07) is 22.0. The predicted molar refractivity (Wildman–Crippen MR) is 133 cm³/mol. The van der Waals surface area contributed by atoms with Gasteiger partial charge in [-0.3, -0.25) is 9.59 Å². The number of carbonyl (C=O) groups excluding carboxylic acids is 2. The summed E-state index contributed by atoms with van der Waals surface area (Å²) in [6.07, 6.45) is 0.537. The monoisotopic (exact) mass is 462 g/mol. The van der Waals surface area contributed by atoms with Crippen molar-refractivity contribution in [1.82, 2.24) is 0 Å². The molecule has 3 aromatic rings. The Bertz CT molecular complexity index is 1160. The van der Waals surface area contributed by atoms with E-state index in [9.17, 15) is 9.59 Å². The van der Waals surface area contributed by atoms with Crippen molar-refractivity contribution in [3.05, 3.63) is 88.9 Å². The summed E-state index contributed by atoms with van der Waals surface area (Å²) in [6.45, 7) is 4.50. The number of nitrogens with zero attached hydrogens (tertiary/aromatic N) is 2. The van der Waals surface area contributed by atoms with Crippen LogP contribution in [-0.4, -0.2) is 31.5 Å². The molecule has 0 spiro atoms. The zero-order chi connectivity index (χ0) is 23.5. The number of amides is 2. The van der Waals surface area contributed by atoms with E-state index in [1.165, 1.54) is 0 Å². The lowest BCUT2D eigenvalue weighted by Crippen LogP contribution is -2.46. The number of ether oxygens (including phenoxy) is 1. The van der Waals surface area contributed by atoms with E-state index in [1.807, 2.05) is 62.4 Å². The third-order valence-corrected chi connectivity index (χ3v) is 6.40. The minimum absolute atomic E-state index is 0.0209. The lowest BCUT2D eigenvalue weighted by molar-refractivity contribution is -0.120. The zero-order valence-corrected chi connectivity index (χ0v) is 19.8. The molecule has 33 heavy (non-hydrogen) atoms. The molecule has 1 heterocycles. The van der Waals surface area contributed by atoms with Gasteiger partial charge in [-0.25, -0.2) is 0 Å². The molecular formula is C27H27ClN2O3. The van der Waals surface area contributed by atoms with Crippen molar-refractivity contribution in [2.24, 2.45) is 0 Å². The second-order valence-corrected chi connectivity index (χ2v) is 8.60. The van der Waals surface area contributed by atoms with Crippen molar-refractivity contribution in [3.63, 3.8) is 0 Å². The summed E-state index contributed by atoms with van der Waals surface area (Å²) in [5, 5.41) is 0.630. The van der Waals surface area contributed by atoms with Crippen molar-refractivity contribution in [2.45, 2.75) is 32.2 Å². The number of halogens is 1. The highest BCUT2D eigenvalue weighted by atomic mass is 35.5. The molecule has 1 aliphatic rings. The van der Waals surface area contributed by atoms with E-state index in [2.05, 4.69) is 0 Å². The van der Waals surface area contributed by atoms with Crippen LogP contribution in [0.15, 0.2) is 72.8 Å². The van der Waals surface area contributed by atoms with Crippen LogP contribution in [0.5, 0.6) is 5.75 Å². The maximum Gasteiger partial charge on any atom is 0.258 e. The molecular weight excluding hydrogens is 436 g/mol. The summed E-state index contributed by atoms with van der Waals surface area (Å²) in [4.78, 5) is 30.8. The Labute approximate surface area is 199 Å². The number of hydrogen-bond donors (Lipinski definition) is 0. The van der Waals surface area contributed by atoms with Crippen LogP contribution in [0, 0.1) is 0 Å². The lowest BCUT2D eigenvalue weighted by Gasteiger charge is -2.40. The number of anilines is 2. The van der Waals surface area contributed by atoms with Gasteiger partial charge in [0.25, 0.3) is 5.91 Å². The van der Waals surface area contributed by atoms with E-state index in [1.54, 1.807) is 41.2 Å². The van der Waals surface area contributed by atoms with Crippen molar-refractivity contribution in [3.8, 4) is 5.75 Å². The minimum Gasteiger partial charge on any atom is -0.497 e. The molecule has 4 rings (SSSR count). The van der Waals surface area contributed by atoms with E-state index in [0.717, 1.165) is 16.9 Å². The highest BCUT2D eigenvalue weighted by Gasteiger charge is 2.38. The molecule has 0 bridgehead atoms. The number of para-hydroxylation sites is 1. The topological polar surface area (TPSA) is 49.9 Å². The Morgan fingerprint density at radius 2 is 1.79 bits per heavy atom. The van der Waals surface area contributed by atoms with Gasteiger partial charge in [0.1, 0.15) is 5.75 Å². The molecule has 5 nitrogen and oxygen atoms in total. The molecule has 6 heteroatoms. The predicted octanol–water partition coefficient (Wildman–Crippen LogP) is 5.92. The van der Waals surface area contributed by atoms with Crippen LogP contribution >= 0.6 is 11.6 Å². The number of likely N-dealkylation sites (N-methyl/N-ethyl adjacent to an activating group) is 1. The molecule has 0 unspecified atom stereocenters. The van der Waals surface area contributed by atoms with Crippen molar-refractivity contribution < 1.29 is 14.3 Å². The van der Waals surface area contributed by atoms with Crippen molar-refractivity contribution in [2.75, 3.05) is 23.5 Å². The number of benzene rings is 3. The molecule has 0 N–H and O–H groups in total. The third-order valence-electron chi connectivity index (χ3n) is 6.14. The molecule has 0 saturated carbocycles. The van der Waals surface area contributed by atoms with Crippen LogP contribution in [0.4, 0.5) is 11.4 Å². The van der Waals surface area contributed by atoms with E-state index < -0.39 is 0 Å². The number of hydrogen-bond acceptors (Lipinski definition) is 3. The number of carbonyl (C=O) groups is 2. The van der Waals surface area contributed by atoms with Crippen LogP contribution in [0.1, 0.15) is 42.1 Å². The average Bonchev–Trinajstić information content (AvgIpc) is 2.84. The fourth-order valence-electron chi connectivity index (χ4n) is 4.53. The molecule has 170 valence electrons. The first-order chi connectivity index (χ1) is 15.9. The fraction of sp³-hybridized carbons (Fsp3) is 0.259. The van der Waals surface area contributed by atoms with Gasteiger partial charge in [0.15, 0.2) is 0 Å². The largest absolute Gasteiger partial charge is 0.497 e. The van der Waals surface area contributed by atoms with E-state index in [-0.39, 0.29) is 23.8 Å². The Morgan fingerprint density at radius 1 is 1.06 bits per heavy atom. The first kappa shape index (κ1) is 22.9. The van der Waals surface area contributed by atoms with Crippen LogP contribution in [0.25, 0.3) is 0 Å². The molecule has 1 aliphatic heterocycles. The molecule has 0 saturated heterocycles. The van der Waals surface area contributed by atoms with Crippen LogP contribution in [0.3, 0.4) is 0 Å². The lowest BCUT2D eigenvalue weighted by atomic mass is 9.84. The smallest absolute Gasteiger partial charge is 0.258 e. The maximum absolute atomic E-state index is 13.7. The number of methoxy groups -OCH3 is 1. The molecule has 2 amide bonds. The van der Waals surface area contributed by atoms with Gasteiger partial charge in [-0.2, -0.15) is 0 Å².